The van der Waals surface area contributed by atoms with E-state index in [0.29, 0.717) is 0 Å². The predicted molar refractivity (Wildman–Crippen MR) is 49.5 cm³/mol. The number of alkyl halides is 3. The zero-order valence-electron chi connectivity index (χ0n) is 8.32. The van der Waals surface area contributed by atoms with Gasteiger partial charge in [-0.1, -0.05) is 18.2 Å². The molecule has 0 heterocycles. The third-order valence-electron chi connectivity index (χ3n) is 2.87. The van der Waals surface area contributed by atoms with Gasteiger partial charge in [-0.05, 0) is 11.6 Å². The van der Waals surface area contributed by atoms with Crippen molar-refractivity contribution < 1.29 is 22.5 Å². The number of hydrogen-bond donors (Lipinski definition) is 0. The van der Waals surface area contributed by atoms with Crippen LogP contribution in [0.5, 0.6) is 0 Å². The maximum atomic E-state index is 13.3. The molecule has 0 unspecified atom stereocenters. The number of benzene rings is 1. The molecule has 7 heteroatoms. The van der Waals surface area contributed by atoms with Gasteiger partial charge in [0.05, 0.1) is 5.92 Å². The van der Waals surface area contributed by atoms with Crippen LogP contribution in [0.15, 0.2) is 24.3 Å². The lowest BCUT2D eigenvalue weighted by Gasteiger charge is -2.03. The first-order chi connectivity index (χ1) is 7.84. The average Bonchev–Trinajstić information content (AvgIpc) is 2.92. The topological polar surface area (TPSA) is 43.1 Å². The molecule has 0 spiro atoms. The molecule has 0 aliphatic heterocycles. The molecule has 0 aromatic heterocycles. The maximum Gasteiger partial charge on any atom is 0.399 e. The van der Waals surface area contributed by atoms with Gasteiger partial charge in [0.25, 0.3) is 0 Å². The summed E-state index contributed by atoms with van der Waals surface area (Å²) in [4.78, 5) is 9.51. The monoisotopic (exact) mass is 249 g/mol. The van der Waals surface area contributed by atoms with Gasteiger partial charge in [-0.3, -0.25) is 10.1 Å². The van der Waals surface area contributed by atoms with Crippen molar-refractivity contribution in [1.82, 2.24) is 0 Å². The molecule has 3 atom stereocenters. The van der Waals surface area contributed by atoms with Crippen molar-refractivity contribution in [2.45, 2.75) is 18.1 Å². The second kappa shape index (κ2) is 3.68. The minimum absolute atomic E-state index is 0.239. The van der Waals surface area contributed by atoms with Crippen LogP contribution in [0.1, 0.15) is 11.5 Å². The van der Waals surface area contributed by atoms with E-state index in [1.165, 1.54) is 12.1 Å². The molecule has 1 aliphatic carbocycles. The van der Waals surface area contributed by atoms with Gasteiger partial charge in [0, 0.05) is 4.92 Å². The quantitative estimate of drug-likeness (QED) is 0.459. The fourth-order valence-corrected chi connectivity index (χ4v) is 2.08. The van der Waals surface area contributed by atoms with Crippen LogP contribution in [0, 0.1) is 21.8 Å². The van der Waals surface area contributed by atoms with Crippen LogP contribution in [0.3, 0.4) is 0 Å². The average molecular weight is 249 g/mol. The summed E-state index contributed by atoms with van der Waals surface area (Å²) in [5.74, 6) is -4.34. The lowest BCUT2D eigenvalue weighted by molar-refractivity contribution is -0.503. The second-order valence-corrected chi connectivity index (χ2v) is 3.89. The fourth-order valence-electron chi connectivity index (χ4n) is 2.08. The SMILES string of the molecule is O=[N+]([O-])[C@@H]1[C@@H](c2ccccc2F)[C@H]1C(F)(F)F. The summed E-state index contributed by atoms with van der Waals surface area (Å²) in [6.07, 6.45) is -4.68. The predicted octanol–water partition coefficient (Wildman–Crippen LogP) is 2.75. The Hall–Kier alpha value is -1.66. The molecular formula is C10H7F4NO2. The molecule has 92 valence electrons. The molecule has 17 heavy (non-hydrogen) atoms. The number of hydrogen-bond acceptors (Lipinski definition) is 2. The lowest BCUT2D eigenvalue weighted by Crippen LogP contribution is -2.17. The second-order valence-electron chi connectivity index (χ2n) is 3.89. The summed E-state index contributed by atoms with van der Waals surface area (Å²) in [6.45, 7) is 0. The van der Waals surface area contributed by atoms with Gasteiger partial charge in [0.15, 0.2) is 0 Å². The standard InChI is InChI=1S/C10H7F4NO2/c11-6-4-2-1-3-5(6)7-8(10(12,13)14)9(7)15(16)17/h1-4,7-9H/t7-,8+,9+/m0/s1. The summed E-state index contributed by atoms with van der Waals surface area (Å²) < 4.78 is 50.8. The summed E-state index contributed by atoms with van der Waals surface area (Å²) in [5.41, 5.74) is -0.239. The molecule has 0 N–H and O–H groups in total. The van der Waals surface area contributed by atoms with Crippen LogP contribution < -0.4 is 0 Å². The first kappa shape index (κ1) is 11.8. The van der Waals surface area contributed by atoms with Crippen molar-refractivity contribution >= 4 is 0 Å². The Morgan fingerprint density at radius 3 is 2.24 bits per heavy atom. The molecule has 2 rings (SSSR count). The summed E-state index contributed by atoms with van der Waals surface area (Å²) in [5, 5.41) is 10.5. The van der Waals surface area contributed by atoms with Gasteiger partial charge in [-0.2, -0.15) is 13.2 Å². The summed E-state index contributed by atoms with van der Waals surface area (Å²) in [7, 11) is 0. The molecule has 3 nitrogen and oxygen atoms in total. The van der Waals surface area contributed by atoms with Gasteiger partial charge >= 0.3 is 6.18 Å². The normalized spacial score (nSPS) is 27.9. The highest BCUT2D eigenvalue weighted by Crippen LogP contribution is 2.57. The van der Waals surface area contributed by atoms with Crippen molar-refractivity contribution in [2.24, 2.45) is 5.92 Å². The smallest absolute Gasteiger partial charge is 0.264 e. The molecule has 1 aromatic carbocycles. The maximum absolute atomic E-state index is 13.3. The molecule has 0 amide bonds. The highest BCUT2D eigenvalue weighted by atomic mass is 19.4. The van der Waals surface area contributed by atoms with Crippen LogP contribution in [-0.2, 0) is 0 Å². The van der Waals surface area contributed by atoms with Crippen LogP contribution in [0.4, 0.5) is 17.6 Å². The van der Waals surface area contributed by atoms with Crippen molar-refractivity contribution in [1.29, 1.82) is 0 Å². The third-order valence-corrected chi connectivity index (χ3v) is 2.87. The van der Waals surface area contributed by atoms with Crippen molar-refractivity contribution in [3.63, 3.8) is 0 Å². The van der Waals surface area contributed by atoms with E-state index in [9.17, 15) is 27.7 Å². The van der Waals surface area contributed by atoms with Gasteiger partial charge in [0.1, 0.15) is 11.7 Å². The summed E-state index contributed by atoms with van der Waals surface area (Å²) >= 11 is 0. The molecular weight excluding hydrogens is 242 g/mol. The Bertz CT molecular complexity index is 460. The Labute approximate surface area is 93.2 Å². The minimum atomic E-state index is -4.68. The van der Waals surface area contributed by atoms with Crippen molar-refractivity contribution in [3.05, 3.63) is 45.8 Å². The molecule has 1 aromatic rings. The largest absolute Gasteiger partial charge is 0.399 e. The van der Waals surface area contributed by atoms with Crippen LogP contribution in [0.2, 0.25) is 0 Å². The van der Waals surface area contributed by atoms with E-state index in [1.807, 2.05) is 0 Å². The Kier molecular flexibility index (Phi) is 2.56. The van der Waals surface area contributed by atoms with Crippen molar-refractivity contribution in [3.8, 4) is 0 Å². The number of halogens is 4. The molecule has 0 radical (unpaired) electrons. The van der Waals surface area contributed by atoms with Gasteiger partial charge in [0.2, 0.25) is 6.04 Å². The van der Waals surface area contributed by atoms with Gasteiger partial charge in [-0.25, -0.2) is 4.39 Å². The highest BCUT2D eigenvalue weighted by Gasteiger charge is 2.73. The first-order valence-corrected chi connectivity index (χ1v) is 4.78. The van der Waals surface area contributed by atoms with Gasteiger partial charge in [-0.15, -0.1) is 0 Å². The van der Waals surface area contributed by atoms with E-state index in [0.717, 1.165) is 12.1 Å². The van der Waals surface area contributed by atoms with E-state index in [1.54, 1.807) is 0 Å². The van der Waals surface area contributed by atoms with E-state index in [2.05, 4.69) is 0 Å². The molecule has 1 aliphatic rings. The Balaban J connectivity index is 2.34. The highest BCUT2D eigenvalue weighted by molar-refractivity contribution is 5.31. The molecule has 1 saturated carbocycles. The minimum Gasteiger partial charge on any atom is -0.264 e. The van der Waals surface area contributed by atoms with Crippen LogP contribution in [-0.4, -0.2) is 17.1 Å². The molecule has 1 fully saturated rings. The van der Waals surface area contributed by atoms with Crippen molar-refractivity contribution in [2.75, 3.05) is 0 Å². The van der Waals surface area contributed by atoms with Crippen LogP contribution >= 0.6 is 0 Å². The molecule has 0 saturated heterocycles. The fraction of sp³-hybridized carbons (Fsp3) is 0.400. The molecule has 0 bridgehead atoms. The van der Waals surface area contributed by atoms with Crippen LogP contribution in [0.25, 0.3) is 0 Å². The number of rotatable bonds is 2. The van der Waals surface area contributed by atoms with E-state index in [-0.39, 0.29) is 5.56 Å². The number of nitrogens with zero attached hydrogens (tertiary/aromatic N) is 1. The van der Waals surface area contributed by atoms with Gasteiger partial charge < -0.3 is 0 Å². The third kappa shape index (κ3) is 1.96. The van der Waals surface area contributed by atoms with E-state index >= 15 is 0 Å². The Morgan fingerprint density at radius 1 is 1.24 bits per heavy atom. The van der Waals surface area contributed by atoms with E-state index < -0.39 is 34.8 Å². The number of nitro groups is 1. The first-order valence-electron chi connectivity index (χ1n) is 4.78. The Morgan fingerprint density at radius 2 is 1.82 bits per heavy atom. The summed E-state index contributed by atoms with van der Waals surface area (Å²) in [6, 6.07) is 3.07. The zero-order valence-corrected chi connectivity index (χ0v) is 8.32. The van der Waals surface area contributed by atoms with E-state index in [4.69, 9.17) is 0 Å². The lowest BCUT2D eigenvalue weighted by atomic mass is 10.1. The zero-order chi connectivity index (χ0) is 12.8.